The van der Waals surface area contributed by atoms with Crippen LogP contribution in [0.3, 0.4) is 0 Å². The fourth-order valence-electron chi connectivity index (χ4n) is 1.71. The Kier molecular flexibility index (Phi) is 2.25. The van der Waals surface area contributed by atoms with Crippen molar-refractivity contribution in [1.82, 2.24) is 9.88 Å². The van der Waals surface area contributed by atoms with Crippen molar-refractivity contribution in [2.75, 3.05) is 20.1 Å². The lowest BCUT2D eigenvalue weighted by Gasteiger charge is -2.05. The summed E-state index contributed by atoms with van der Waals surface area (Å²) in [6.45, 7) is 1.90. The van der Waals surface area contributed by atoms with Crippen molar-refractivity contribution in [3.63, 3.8) is 0 Å². The number of hydrogen-bond acceptors (Lipinski definition) is 4. The summed E-state index contributed by atoms with van der Waals surface area (Å²) in [7, 11) is 2.03. The number of hydrogen-bond donors (Lipinski definition) is 1. The van der Waals surface area contributed by atoms with Gasteiger partial charge in [-0.05, 0) is 20.0 Å². The minimum Gasteiger partial charge on any atom is -0.475 e. The van der Waals surface area contributed by atoms with Crippen LogP contribution in [0, 0.1) is 0 Å². The Hall–Kier alpha value is -1.36. The topological polar surface area (TPSA) is 66.6 Å². The van der Waals surface area contributed by atoms with Gasteiger partial charge in [0.2, 0.25) is 5.76 Å². The Morgan fingerprint density at radius 2 is 2.57 bits per heavy atom. The van der Waals surface area contributed by atoms with Crippen LogP contribution in [0.5, 0.6) is 0 Å². The summed E-state index contributed by atoms with van der Waals surface area (Å²) in [5.74, 6) is -0.343. The van der Waals surface area contributed by atoms with E-state index < -0.39 is 5.97 Å². The van der Waals surface area contributed by atoms with E-state index in [9.17, 15) is 4.79 Å². The molecule has 0 spiro atoms. The zero-order chi connectivity index (χ0) is 10.1. The summed E-state index contributed by atoms with van der Waals surface area (Å²) >= 11 is 0. The molecule has 0 aromatic carbocycles. The van der Waals surface area contributed by atoms with Gasteiger partial charge < -0.3 is 14.4 Å². The van der Waals surface area contributed by atoms with E-state index in [4.69, 9.17) is 9.52 Å². The van der Waals surface area contributed by atoms with E-state index in [1.54, 1.807) is 0 Å². The third-order valence-electron chi connectivity index (χ3n) is 2.47. The number of aromatic nitrogens is 1. The van der Waals surface area contributed by atoms with Crippen LogP contribution in [0.2, 0.25) is 0 Å². The second-order valence-electron chi connectivity index (χ2n) is 3.62. The largest absolute Gasteiger partial charge is 0.475 e. The van der Waals surface area contributed by atoms with Crippen molar-refractivity contribution in [3.8, 4) is 0 Å². The molecule has 1 aromatic rings. The zero-order valence-corrected chi connectivity index (χ0v) is 7.93. The van der Waals surface area contributed by atoms with Gasteiger partial charge in [0, 0.05) is 12.5 Å². The van der Waals surface area contributed by atoms with E-state index in [-0.39, 0.29) is 11.7 Å². The van der Waals surface area contributed by atoms with Crippen molar-refractivity contribution in [2.24, 2.45) is 0 Å². The van der Waals surface area contributed by atoms with Gasteiger partial charge in [-0.25, -0.2) is 9.78 Å². The fourth-order valence-corrected chi connectivity index (χ4v) is 1.71. The fraction of sp³-hybridized carbons (Fsp3) is 0.556. The summed E-state index contributed by atoms with van der Waals surface area (Å²) in [6.07, 6.45) is 2.26. The molecule has 2 rings (SSSR count). The van der Waals surface area contributed by atoms with Crippen LogP contribution in [0.4, 0.5) is 0 Å². The third kappa shape index (κ3) is 1.63. The number of carboxylic acids is 1. The summed E-state index contributed by atoms with van der Waals surface area (Å²) in [6, 6.07) is 0. The van der Waals surface area contributed by atoms with Crippen molar-refractivity contribution < 1.29 is 14.3 Å². The Morgan fingerprint density at radius 3 is 3.07 bits per heavy atom. The first-order valence-electron chi connectivity index (χ1n) is 4.54. The predicted octanol–water partition coefficient (Wildman–Crippen LogP) is 0.792. The molecule has 0 aliphatic carbocycles. The van der Waals surface area contributed by atoms with Crippen LogP contribution in [0.15, 0.2) is 10.6 Å². The maximum atomic E-state index is 10.5. The molecule has 14 heavy (non-hydrogen) atoms. The summed E-state index contributed by atoms with van der Waals surface area (Å²) in [5.41, 5.74) is 0. The van der Waals surface area contributed by atoms with Crippen LogP contribution in [-0.2, 0) is 0 Å². The minimum atomic E-state index is -1.06. The summed E-state index contributed by atoms with van der Waals surface area (Å²) < 4.78 is 5.14. The van der Waals surface area contributed by atoms with Crippen LogP contribution < -0.4 is 0 Å². The van der Waals surface area contributed by atoms with Gasteiger partial charge in [0.15, 0.2) is 5.89 Å². The summed E-state index contributed by atoms with van der Waals surface area (Å²) in [5, 5.41) is 8.65. The highest BCUT2D eigenvalue weighted by molar-refractivity contribution is 5.83. The molecule has 76 valence electrons. The number of likely N-dealkylation sites (tertiary alicyclic amines) is 1. The van der Waals surface area contributed by atoms with E-state index in [1.165, 1.54) is 6.20 Å². The van der Waals surface area contributed by atoms with Crippen LogP contribution in [0.1, 0.15) is 28.8 Å². The van der Waals surface area contributed by atoms with E-state index in [0.29, 0.717) is 5.89 Å². The van der Waals surface area contributed by atoms with Gasteiger partial charge in [-0.15, -0.1) is 0 Å². The maximum absolute atomic E-state index is 10.5. The number of aromatic carboxylic acids is 1. The predicted molar refractivity (Wildman–Crippen MR) is 48.3 cm³/mol. The van der Waals surface area contributed by atoms with Crippen molar-refractivity contribution >= 4 is 5.97 Å². The van der Waals surface area contributed by atoms with Crippen LogP contribution >= 0.6 is 0 Å². The second kappa shape index (κ2) is 3.42. The van der Waals surface area contributed by atoms with Crippen LogP contribution in [0.25, 0.3) is 0 Å². The number of nitrogens with zero attached hydrogens (tertiary/aromatic N) is 2. The van der Waals surface area contributed by atoms with Gasteiger partial charge >= 0.3 is 5.97 Å². The molecule has 2 heterocycles. The molecule has 1 saturated heterocycles. The van der Waals surface area contributed by atoms with Gasteiger partial charge in [0.05, 0.1) is 6.20 Å². The maximum Gasteiger partial charge on any atom is 0.373 e. The monoisotopic (exact) mass is 196 g/mol. The lowest BCUT2D eigenvalue weighted by molar-refractivity contribution is 0.0659. The van der Waals surface area contributed by atoms with Crippen molar-refractivity contribution in [1.29, 1.82) is 0 Å². The van der Waals surface area contributed by atoms with E-state index in [0.717, 1.165) is 19.5 Å². The zero-order valence-electron chi connectivity index (χ0n) is 7.93. The highest BCUT2D eigenvalue weighted by Crippen LogP contribution is 2.25. The first kappa shape index (κ1) is 9.21. The molecule has 1 unspecified atom stereocenters. The van der Waals surface area contributed by atoms with Crippen molar-refractivity contribution in [2.45, 2.75) is 12.3 Å². The van der Waals surface area contributed by atoms with Gasteiger partial charge in [0.1, 0.15) is 0 Å². The Morgan fingerprint density at radius 1 is 1.79 bits per heavy atom. The molecule has 5 nitrogen and oxygen atoms in total. The van der Waals surface area contributed by atoms with E-state index >= 15 is 0 Å². The highest BCUT2D eigenvalue weighted by Gasteiger charge is 2.26. The molecule has 0 radical (unpaired) electrons. The average Bonchev–Trinajstić information content (AvgIpc) is 2.70. The molecule has 0 amide bonds. The first-order chi connectivity index (χ1) is 6.66. The smallest absolute Gasteiger partial charge is 0.373 e. The number of carboxylic acid groups (broad SMARTS) is 1. The Bertz CT molecular complexity index is 348. The lowest BCUT2D eigenvalue weighted by Crippen LogP contribution is -2.13. The number of likely N-dealkylation sites (N-methyl/N-ethyl adjacent to an activating group) is 1. The molecular formula is C9H12N2O3. The SMILES string of the molecule is CN1CCC(c2ncc(C(=O)O)o2)C1. The minimum absolute atomic E-state index is 0.0745. The molecule has 1 fully saturated rings. The van der Waals surface area contributed by atoms with E-state index in [1.807, 2.05) is 7.05 Å². The quantitative estimate of drug-likeness (QED) is 0.757. The van der Waals surface area contributed by atoms with Gasteiger partial charge in [0.25, 0.3) is 0 Å². The molecule has 1 atom stereocenters. The second-order valence-corrected chi connectivity index (χ2v) is 3.62. The number of oxazole rings is 1. The standard InChI is InChI=1S/C9H12N2O3/c1-11-3-2-6(5-11)8-10-4-7(14-8)9(12)13/h4,6H,2-3,5H2,1H3,(H,12,13). The Balaban J connectivity index is 2.13. The number of rotatable bonds is 2. The lowest BCUT2D eigenvalue weighted by atomic mass is 10.1. The Labute approximate surface area is 81.3 Å². The van der Waals surface area contributed by atoms with Crippen LogP contribution in [-0.4, -0.2) is 41.1 Å². The summed E-state index contributed by atoms with van der Waals surface area (Å²) in [4.78, 5) is 16.7. The molecular weight excluding hydrogens is 184 g/mol. The van der Waals surface area contributed by atoms with Gasteiger partial charge in [-0.1, -0.05) is 0 Å². The molecule has 1 N–H and O–H groups in total. The molecule has 1 aliphatic rings. The molecule has 1 aromatic heterocycles. The average molecular weight is 196 g/mol. The first-order valence-corrected chi connectivity index (χ1v) is 4.54. The van der Waals surface area contributed by atoms with Gasteiger partial charge in [-0.2, -0.15) is 0 Å². The molecule has 0 bridgehead atoms. The molecule has 0 saturated carbocycles. The highest BCUT2D eigenvalue weighted by atomic mass is 16.4. The molecule has 1 aliphatic heterocycles. The number of carbonyl (C=O) groups is 1. The van der Waals surface area contributed by atoms with E-state index in [2.05, 4.69) is 9.88 Å². The third-order valence-corrected chi connectivity index (χ3v) is 2.47. The normalized spacial score (nSPS) is 22.8. The van der Waals surface area contributed by atoms with Gasteiger partial charge in [-0.3, -0.25) is 0 Å². The molecule has 5 heteroatoms. The van der Waals surface area contributed by atoms with Crippen molar-refractivity contribution in [3.05, 3.63) is 17.8 Å².